The Hall–Kier alpha value is -0.800. The molecule has 0 saturated carbocycles. The molecule has 0 radical (unpaired) electrons. The largest absolute Gasteiger partial charge is 0.363 e. The number of nitrogens with zero attached hydrogens (tertiary/aromatic N) is 1. The highest BCUT2D eigenvalue weighted by Gasteiger charge is 2.38. The third-order valence-corrected chi connectivity index (χ3v) is 4.81. The summed E-state index contributed by atoms with van der Waals surface area (Å²) in [6, 6.07) is 6.54. The molecular weight excluding hydrogens is 263 g/mol. The lowest BCUT2D eigenvalue weighted by Crippen LogP contribution is -2.56. The Morgan fingerprint density at radius 3 is 2.53 bits per heavy atom. The van der Waals surface area contributed by atoms with Crippen LogP contribution >= 0.6 is 11.6 Å². The van der Waals surface area contributed by atoms with Gasteiger partial charge in [-0.05, 0) is 57.4 Å². The molecular formula is C15H20ClFN2. The number of nitrogens with one attached hydrogen (secondary N) is 1. The molecule has 2 aliphatic heterocycles. The van der Waals surface area contributed by atoms with Gasteiger partial charge in [0.25, 0.3) is 0 Å². The summed E-state index contributed by atoms with van der Waals surface area (Å²) in [6.45, 7) is 0. The lowest BCUT2D eigenvalue weighted by atomic mass is 9.81. The Labute approximate surface area is 118 Å². The number of benzene rings is 1. The first-order valence-electron chi connectivity index (χ1n) is 7.09. The first kappa shape index (κ1) is 13.2. The van der Waals surface area contributed by atoms with Gasteiger partial charge in [-0.3, -0.25) is 0 Å². The molecule has 0 aliphatic carbocycles. The Morgan fingerprint density at radius 2 is 1.95 bits per heavy atom. The molecule has 2 nitrogen and oxygen atoms in total. The summed E-state index contributed by atoms with van der Waals surface area (Å²) in [6.07, 6.45) is 5.80. The summed E-state index contributed by atoms with van der Waals surface area (Å²) in [5.74, 6) is -0.188. The predicted molar refractivity (Wildman–Crippen MR) is 77.4 cm³/mol. The Bertz CT molecular complexity index is 451. The number of halogens is 2. The van der Waals surface area contributed by atoms with Gasteiger partial charge in [-0.25, -0.2) is 4.39 Å². The van der Waals surface area contributed by atoms with Crippen molar-refractivity contribution in [3.05, 3.63) is 29.0 Å². The van der Waals surface area contributed by atoms with Gasteiger partial charge in [-0.2, -0.15) is 0 Å². The van der Waals surface area contributed by atoms with E-state index in [1.165, 1.54) is 12.5 Å². The first-order valence-corrected chi connectivity index (χ1v) is 7.47. The molecule has 2 unspecified atom stereocenters. The highest BCUT2D eigenvalue weighted by molar-refractivity contribution is 6.30. The minimum Gasteiger partial charge on any atom is -0.363 e. The van der Waals surface area contributed by atoms with Crippen molar-refractivity contribution in [1.82, 2.24) is 5.32 Å². The smallest absolute Gasteiger partial charge is 0.147 e. The SMILES string of the molecule is CNC1CC2CCCC(C1)N2c1ccc(Cl)cc1F. The minimum absolute atomic E-state index is 0.188. The van der Waals surface area contributed by atoms with Gasteiger partial charge in [0.15, 0.2) is 0 Å². The number of anilines is 1. The number of rotatable bonds is 2. The molecule has 2 saturated heterocycles. The van der Waals surface area contributed by atoms with Crippen molar-refractivity contribution in [2.45, 2.75) is 50.2 Å². The molecule has 4 heteroatoms. The fourth-order valence-corrected chi connectivity index (χ4v) is 3.86. The van der Waals surface area contributed by atoms with Crippen LogP contribution in [-0.2, 0) is 0 Å². The van der Waals surface area contributed by atoms with Gasteiger partial charge in [-0.15, -0.1) is 0 Å². The average Bonchev–Trinajstić information content (AvgIpc) is 2.37. The zero-order valence-corrected chi connectivity index (χ0v) is 12.0. The summed E-state index contributed by atoms with van der Waals surface area (Å²) in [5.41, 5.74) is 0.730. The van der Waals surface area contributed by atoms with Crippen LogP contribution in [0, 0.1) is 5.82 Å². The molecule has 2 bridgehead atoms. The van der Waals surface area contributed by atoms with Gasteiger partial charge < -0.3 is 10.2 Å². The van der Waals surface area contributed by atoms with E-state index in [0.29, 0.717) is 23.1 Å². The van der Waals surface area contributed by atoms with Crippen molar-refractivity contribution >= 4 is 17.3 Å². The van der Waals surface area contributed by atoms with E-state index >= 15 is 0 Å². The van der Waals surface area contributed by atoms with Gasteiger partial charge in [0.2, 0.25) is 0 Å². The van der Waals surface area contributed by atoms with E-state index in [0.717, 1.165) is 31.4 Å². The number of piperidine rings is 2. The van der Waals surface area contributed by atoms with E-state index < -0.39 is 0 Å². The fraction of sp³-hybridized carbons (Fsp3) is 0.600. The van der Waals surface area contributed by atoms with Crippen molar-refractivity contribution in [3.8, 4) is 0 Å². The molecule has 19 heavy (non-hydrogen) atoms. The second kappa shape index (κ2) is 5.29. The van der Waals surface area contributed by atoms with Gasteiger partial charge in [-0.1, -0.05) is 11.6 Å². The second-order valence-corrected chi connectivity index (χ2v) is 6.13. The van der Waals surface area contributed by atoms with E-state index in [9.17, 15) is 4.39 Å². The molecule has 1 N–H and O–H groups in total. The number of hydrogen-bond donors (Lipinski definition) is 1. The number of hydrogen-bond acceptors (Lipinski definition) is 2. The third kappa shape index (κ3) is 2.46. The van der Waals surface area contributed by atoms with Crippen LogP contribution in [0.4, 0.5) is 10.1 Å². The molecule has 2 aliphatic rings. The van der Waals surface area contributed by atoms with Crippen molar-refractivity contribution in [3.63, 3.8) is 0 Å². The van der Waals surface area contributed by atoms with Crippen molar-refractivity contribution < 1.29 is 4.39 Å². The number of fused-ring (bicyclic) bond motifs is 2. The standard InChI is InChI=1S/C15H20ClFN2/c1-18-11-8-12-3-2-4-13(9-11)19(12)15-6-5-10(16)7-14(15)17/h5-7,11-13,18H,2-4,8-9H2,1H3. The fourth-order valence-electron chi connectivity index (χ4n) is 3.70. The quantitative estimate of drug-likeness (QED) is 0.892. The van der Waals surface area contributed by atoms with Gasteiger partial charge in [0.1, 0.15) is 5.82 Å². The van der Waals surface area contributed by atoms with Crippen molar-refractivity contribution in [2.75, 3.05) is 11.9 Å². The van der Waals surface area contributed by atoms with Crippen LogP contribution in [0.3, 0.4) is 0 Å². The van der Waals surface area contributed by atoms with E-state index in [1.807, 2.05) is 13.1 Å². The molecule has 0 amide bonds. The van der Waals surface area contributed by atoms with Crippen LogP contribution in [0.15, 0.2) is 18.2 Å². The molecule has 104 valence electrons. The lowest BCUT2D eigenvalue weighted by Gasteiger charge is -2.50. The summed E-state index contributed by atoms with van der Waals surface area (Å²) in [5, 5.41) is 3.86. The zero-order chi connectivity index (χ0) is 13.4. The zero-order valence-electron chi connectivity index (χ0n) is 11.2. The molecule has 0 aromatic heterocycles. The molecule has 1 aromatic rings. The second-order valence-electron chi connectivity index (χ2n) is 5.70. The molecule has 2 fully saturated rings. The van der Waals surface area contributed by atoms with Crippen LogP contribution < -0.4 is 10.2 Å². The maximum atomic E-state index is 14.2. The maximum Gasteiger partial charge on any atom is 0.147 e. The summed E-state index contributed by atoms with van der Waals surface area (Å²) < 4.78 is 14.2. The van der Waals surface area contributed by atoms with Crippen molar-refractivity contribution in [1.29, 1.82) is 0 Å². The molecule has 0 spiro atoms. The van der Waals surface area contributed by atoms with Crippen LogP contribution in [0.2, 0.25) is 5.02 Å². The van der Waals surface area contributed by atoms with E-state index in [1.54, 1.807) is 6.07 Å². The van der Waals surface area contributed by atoms with Crippen LogP contribution in [0.5, 0.6) is 0 Å². The Balaban J connectivity index is 1.91. The monoisotopic (exact) mass is 282 g/mol. The molecule has 2 heterocycles. The highest BCUT2D eigenvalue weighted by atomic mass is 35.5. The van der Waals surface area contributed by atoms with Gasteiger partial charge in [0, 0.05) is 23.1 Å². The Morgan fingerprint density at radius 1 is 1.26 bits per heavy atom. The lowest BCUT2D eigenvalue weighted by molar-refractivity contribution is 0.250. The van der Waals surface area contributed by atoms with Gasteiger partial charge >= 0.3 is 0 Å². The van der Waals surface area contributed by atoms with Crippen LogP contribution in [0.1, 0.15) is 32.1 Å². The minimum atomic E-state index is -0.188. The topological polar surface area (TPSA) is 15.3 Å². The summed E-state index contributed by atoms with van der Waals surface area (Å²) >= 11 is 5.85. The average molecular weight is 283 g/mol. The van der Waals surface area contributed by atoms with Crippen molar-refractivity contribution in [2.24, 2.45) is 0 Å². The third-order valence-electron chi connectivity index (χ3n) is 4.57. The summed E-state index contributed by atoms with van der Waals surface area (Å²) in [7, 11) is 2.03. The normalized spacial score (nSPS) is 30.5. The van der Waals surface area contributed by atoms with Gasteiger partial charge in [0.05, 0.1) is 5.69 Å². The molecule has 3 rings (SSSR count). The first-order chi connectivity index (χ1) is 9.19. The molecule has 2 atom stereocenters. The highest BCUT2D eigenvalue weighted by Crippen LogP contribution is 2.39. The van der Waals surface area contributed by atoms with E-state index in [4.69, 9.17) is 11.6 Å². The summed E-state index contributed by atoms with van der Waals surface area (Å²) in [4.78, 5) is 2.31. The van der Waals surface area contributed by atoms with Crippen LogP contribution in [0.25, 0.3) is 0 Å². The predicted octanol–water partition coefficient (Wildman–Crippen LogP) is 3.59. The van der Waals surface area contributed by atoms with E-state index in [2.05, 4.69) is 10.2 Å². The Kier molecular flexibility index (Phi) is 3.68. The molecule has 1 aromatic carbocycles. The van der Waals surface area contributed by atoms with Crippen LogP contribution in [-0.4, -0.2) is 25.2 Å². The van der Waals surface area contributed by atoms with E-state index in [-0.39, 0.29) is 5.82 Å². The maximum absolute atomic E-state index is 14.2.